The summed E-state index contributed by atoms with van der Waals surface area (Å²) < 4.78 is 64.8. The molecule has 4 atom stereocenters. The third kappa shape index (κ3) is 3.93. The Bertz CT molecular complexity index is 1030. The Hall–Kier alpha value is -1.09. The number of hydrogen-bond donors (Lipinski definition) is 0. The van der Waals surface area contributed by atoms with Gasteiger partial charge in [0.05, 0.1) is 23.1 Å². The smallest absolute Gasteiger partial charge is 0.300 e. The predicted molar refractivity (Wildman–Crippen MR) is 123 cm³/mol. The number of hydrogen-bond acceptors (Lipinski definition) is 4. The third-order valence-electron chi connectivity index (χ3n) is 9.68. The molecule has 0 unspecified atom stereocenters. The lowest BCUT2D eigenvalue weighted by Gasteiger charge is -2.38. The van der Waals surface area contributed by atoms with E-state index in [4.69, 9.17) is 5.10 Å². The Morgan fingerprint density at radius 1 is 1.09 bits per heavy atom. The minimum absolute atomic E-state index is 0.0291. The fraction of sp³-hybridized carbons (Fsp3) is 0.880. The summed E-state index contributed by atoms with van der Waals surface area (Å²) in [6, 6.07) is 3.04. The molecule has 3 heterocycles. The Morgan fingerprint density at radius 2 is 1.74 bits per heavy atom. The third-order valence-corrected chi connectivity index (χ3v) is 11.8. The van der Waals surface area contributed by atoms with Crippen LogP contribution < -0.4 is 0 Å². The average Bonchev–Trinajstić information content (AvgIpc) is 3.18. The lowest BCUT2D eigenvalue weighted by Crippen LogP contribution is -2.50. The van der Waals surface area contributed by atoms with Gasteiger partial charge in [-0.1, -0.05) is 0 Å². The fourth-order valence-corrected chi connectivity index (χ4v) is 10.2. The maximum absolute atomic E-state index is 13.1. The molecule has 5 fully saturated rings. The van der Waals surface area contributed by atoms with Crippen molar-refractivity contribution in [1.82, 2.24) is 14.7 Å². The van der Waals surface area contributed by atoms with Crippen LogP contribution in [0.5, 0.6) is 0 Å². The summed E-state index contributed by atoms with van der Waals surface area (Å²) in [5.41, 5.74) is 2.32. The van der Waals surface area contributed by atoms with E-state index < -0.39 is 21.9 Å². The number of likely N-dealkylation sites (tertiary alicyclic amines) is 1. The molecular weight excluding hydrogens is 463 g/mol. The molecular formula is C25H36F3N3O2S. The molecule has 5 nitrogen and oxygen atoms in total. The summed E-state index contributed by atoms with van der Waals surface area (Å²) in [7, 11) is -2.79. The van der Waals surface area contributed by atoms with E-state index in [1.165, 1.54) is 18.5 Å². The Morgan fingerprint density at radius 3 is 2.29 bits per heavy atom. The predicted octanol–water partition coefficient (Wildman–Crippen LogP) is 4.91. The number of aromatic nitrogens is 2. The molecule has 34 heavy (non-hydrogen) atoms. The zero-order chi connectivity index (χ0) is 24.0. The van der Waals surface area contributed by atoms with Crippen LogP contribution in [0.25, 0.3) is 0 Å². The van der Waals surface area contributed by atoms with E-state index in [9.17, 15) is 21.6 Å². The molecule has 2 saturated heterocycles. The molecule has 2 aliphatic heterocycles. The molecule has 1 aromatic heterocycles. The molecule has 3 aliphatic carbocycles. The van der Waals surface area contributed by atoms with Crippen molar-refractivity contribution in [2.45, 2.75) is 88.9 Å². The zero-order valence-corrected chi connectivity index (χ0v) is 20.9. The molecule has 6 rings (SSSR count). The quantitative estimate of drug-likeness (QED) is 0.591. The molecule has 1 aromatic rings. The summed E-state index contributed by atoms with van der Waals surface area (Å²) in [6.45, 7) is 6.24. The molecule has 0 bridgehead atoms. The van der Waals surface area contributed by atoms with Crippen LogP contribution in [0.3, 0.4) is 0 Å². The van der Waals surface area contributed by atoms with E-state index in [0.717, 1.165) is 25.2 Å². The molecule has 9 heteroatoms. The van der Waals surface area contributed by atoms with Gasteiger partial charge in [0.2, 0.25) is 0 Å². The number of rotatable bonds is 4. The highest BCUT2D eigenvalue weighted by atomic mass is 32.2. The Labute approximate surface area is 200 Å². The minimum Gasteiger partial charge on any atom is -0.300 e. The van der Waals surface area contributed by atoms with Gasteiger partial charge in [0, 0.05) is 41.6 Å². The van der Waals surface area contributed by atoms with E-state index in [2.05, 4.69) is 29.5 Å². The number of halogens is 3. The van der Waals surface area contributed by atoms with Crippen molar-refractivity contribution in [2.75, 3.05) is 24.6 Å². The van der Waals surface area contributed by atoms with Gasteiger partial charge < -0.3 is 0 Å². The maximum atomic E-state index is 13.1. The number of fused-ring (bicyclic) bond motifs is 1. The highest BCUT2D eigenvalue weighted by Crippen LogP contribution is 2.64. The SMILES string of the molecule is CC(C)n1nc([C@H]2CC[C@@H](C(F)(F)F)CC2)cc1[C@H]1[C@@H]2C[C@@H](N3CCC4(C3)CS(=O)(=O)C4)C[C@@H]21. The number of sulfone groups is 1. The van der Waals surface area contributed by atoms with Crippen LogP contribution >= 0.6 is 0 Å². The van der Waals surface area contributed by atoms with Gasteiger partial charge in [-0.3, -0.25) is 9.58 Å². The minimum atomic E-state index is -4.07. The van der Waals surface area contributed by atoms with Gasteiger partial charge in [-0.25, -0.2) is 8.42 Å². The van der Waals surface area contributed by atoms with Gasteiger partial charge in [-0.05, 0) is 83.2 Å². The molecule has 0 aromatic carbocycles. The first kappa shape index (κ1) is 23.3. The van der Waals surface area contributed by atoms with Crippen LogP contribution in [0.15, 0.2) is 6.07 Å². The van der Waals surface area contributed by atoms with Crippen LogP contribution in [0.4, 0.5) is 13.2 Å². The van der Waals surface area contributed by atoms with E-state index in [1.54, 1.807) is 0 Å². The highest BCUT2D eigenvalue weighted by molar-refractivity contribution is 7.92. The van der Waals surface area contributed by atoms with E-state index >= 15 is 0 Å². The van der Waals surface area contributed by atoms with Gasteiger partial charge >= 0.3 is 6.18 Å². The maximum Gasteiger partial charge on any atom is 0.391 e. The molecule has 0 N–H and O–H groups in total. The summed E-state index contributed by atoms with van der Waals surface area (Å²) in [6.07, 6.45) is 0.870. The largest absolute Gasteiger partial charge is 0.391 e. The summed E-state index contributed by atoms with van der Waals surface area (Å²) in [4.78, 5) is 2.56. The standard InChI is InChI=1S/C25H36F3N3O2S/c1-15(2)31-22(11-21(29-31)16-3-5-17(6-4-16)25(26,27)28)23-19-9-18(10-20(19)23)30-8-7-24(12-30)13-34(32,33)14-24/h11,15-20,23H,3-10,12-14H2,1-2H3/t16-,17+,18-,19-,20+,23+. The van der Waals surface area contributed by atoms with Crippen molar-refractivity contribution >= 4 is 9.84 Å². The molecule has 0 amide bonds. The van der Waals surface area contributed by atoms with Crippen molar-refractivity contribution in [2.24, 2.45) is 23.2 Å². The highest BCUT2D eigenvalue weighted by Gasteiger charge is 2.61. The van der Waals surface area contributed by atoms with Gasteiger partial charge in [-0.15, -0.1) is 0 Å². The molecule has 190 valence electrons. The van der Waals surface area contributed by atoms with Gasteiger partial charge in [0.1, 0.15) is 0 Å². The molecule has 1 spiro atoms. The van der Waals surface area contributed by atoms with E-state index in [0.29, 0.717) is 48.1 Å². The first-order chi connectivity index (χ1) is 15.9. The van der Waals surface area contributed by atoms with Crippen molar-refractivity contribution in [3.05, 3.63) is 17.5 Å². The van der Waals surface area contributed by atoms with Crippen LogP contribution in [-0.2, 0) is 9.84 Å². The van der Waals surface area contributed by atoms with Gasteiger partial charge in [0.25, 0.3) is 0 Å². The lowest BCUT2D eigenvalue weighted by atomic mass is 9.80. The monoisotopic (exact) mass is 499 g/mol. The summed E-state index contributed by atoms with van der Waals surface area (Å²) in [5, 5.41) is 4.93. The summed E-state index contributed by atoms with van der Waals surface area (Å²) >= 11 is 0. The van der Waals surface area contributed by atoms with Crippen LogP contribution in [0.2, 0.25) is 0 Å². The second-order valence-electron chi connectivity index (χ2n) is 12.4. The Balaban J connectivity index is 1.10. The first-order valence-corrected chi connectivity index (χ1v) is 14.9. The number of nitrogens with zero attached hydrogens (tertiary/aromatic N) is 3. The normalized spacial score (nSPS) is 38.9. The lowest BCUT2D eigenvalue weighted by molar-refractivity contribution is -0.182. The van der Waals surface area contributed by atoms with Crippen molar-refractivity contribution in [1.29, 1.82) is 0 Å². The second kappa shape index (κ2) is 7.70. The zero-order valence-electron chi connectivity index (χ0n) is 20.1. The summed E-state index contributed by atoms with van der Waals surface area (Å²) in [5.74, 6) is 1.58. The topological polar surface area (TPSA) is 55.2 Å². The van der Waals surface area contributed by atoms with E-state index in [1.807, 2.05) is 0 Å². The molecule has 0 radical (unpaired) electrons. The average molecular weight is 500 g/mol. The van der Waals surface area contributed by atoms with E-state index in [-0.39, 0.29) is 30.2 Å². The fourth-order valence-electron chi connectivity index (χ4n) is 7.96. The second-order valence-corrected chi connectivity index (χ2v) is 14.4. The Kier molecular flexibility index (Phi) is 5.28. The van der Waals surface area contributed by atoms with Crippen molar-refractivity contribution in [3.63, 3.8) is 0 Å². The van der Waals surface area contributed by atoms with Crippen LogP contribution in [-0.4, -0.2) is 59.9 Å². The van der Waals surface area contributed by atoms with Crippen molar-refractivity contribution in [3.8, 4) is 0 Å². The molecule has 3 saturated carbocycles. The van der Waals surface area contributed by atoms with Crippen molar-refractivity contribution < 1.29 is 21.6 Å². The molecule has 5 aliphatic rings. The van der Waals surface area contributed by atoms with Gasteiger partial charge in [0.15, 0.2) is 9.84 Å². The van der Waals surface area contributed by atoms with Crippen LogP contribution in [0.1, 0.15) is 88.1 Å². The van der Waals surface area contributed by atoms with Gasteiger partial charge in [-0.2, -0.15) is 18.3 Å². The number of alkyl halides is 3. The van der Waals surface area contributed by atoms with Crippen LogP contribution in [0, 0.1) is 23.2 Å². The first-order valence-electron chi connectivity index (χ1n) is 13.1.